The highest BCUT2D eigenvalue weighted by molar-refractivity contribution is 5.40. The molecule has 1 aliphatic carbocycles. The second-order valence-corrected chi connectivity index (χ2v) is 4.44. The molecule has 0 radical (unpaired) electrons. The highest BCUT2D eigenvalue weighted by atomic mass is 14.9. The van der Waals surface area contributed by atoms with Gasteiger partial charge < -0.3 is 16.8 Å². The van der Waals surface area contributed by atoms with Crippen LogP contribution in [0, 0.1) is 5.92 Å². The molecule has 0 saturated carbocycles. The summed E-state index contributed by atoms with van der Waals surface area (Å²) >= 11 is 0. The standard InChI is InChI=1S/C14H19N3/c15-13-5-1-3-11(7-13)9-17-10-12-4-2-6-14(16)8-12/h1-3,5-8,12,17H,4,9-10,15-16H2. The van der Waals surface area contributed by atoms with Crippen molar-refractivity contribution in [2.75, 3.05) is 12.3 Å². The van der Waals surface area contributed by atoms with E-state index in [0.29, 0.717) is 5.92 Å². The maximum atomic E-state index is 5.76. The highest BCUT2D eigenvalue weighted by Crippen LogP contribution is 2.13. The predicted molar refractivity (Wildman–Crippen MR) is 72.1 cm³/mol. The Morgan fingerprint density at radius 3 is 2.94 bits per heavy atom. The molecule has 0 aromatic heterocycles. The molecule has 1 aromatic rings. The summed E-state index contributed by atoms with van der Waals surface area (Å²) < 4.78 is 0. The molecule has 1 aromatic carbocycles. The number of hydrogen-bond acceptors (Lipinski definition) is 3. The van der Waals surface area contributed by atoms with Crippen LogP contribution in [0.15, 0.2) is 48.2 Å². The van der Waals surface area contributed by atoms with Crippen LogP contribution in [0.5, 0.6) is 0 Å². The summed E-state index contributed by atoms with van der Waals surface area (Å²) in [6.45, 7) is 1.79. The third kappa shape index (κ3) is 3.64. The second kappa shape index (κ2) is 5.55. The van der Waals surface area contributed by atoms with Crippen molar-refractivity contribution < 1.29 is 0 Å². The predicted octanol–water partition coefficient (Wildman–Crippen LogP) is 1.78. The van der Waals surface area contributed by atoms with Crippen LogP contribution in [0.3, 0.4) is 0 Å². The number of benzene rings is 1. The Kier molecular flexibility index (Phi) is 3.83. The van der Waals surface area contributed by atoms with Crippen LogP contribution in [0.4, 0.5) is 5.69 Å². The monoisotopic (exact) mass is 229 g/mol. The van der Waals surface area contributed by atoms with E-state index in [-0.39, 0.29) is 0 Å². The van der Waals surface area contributed by atoms with Crippen molar-refractivity contribution in [2.24, 2.45) is 11.7 Å². The molecule has 1 unspecified atom stereocenters. The highest BCUT2D eigenvalue weighted by Gasteiger charge is 2.07. The lowest BCUT2D eigenvalue weighted by molar-refractivity contribution is 0.556. The van der Waals surface area contributed by atoms with Crippen molar-refractivity contribution in [3.05, 3.63) is 53.8 Å². The molecule has 5 N–H and O–H groups in total. The first-order valence-corrected chi connectivity index (χ1v) is 5.93. The molecule has 1 atom stereocenters. The van der Waals surface area contributed by atoms with E-state index in [1.165, 1.54) is 5.56 Å². The lowest BCUT2D eigenvalue weighted by atomic mass is 9.99. The molecule has 0 saturated heterocycles. The zero-order chi connectivity index (χ0) is 12.1. The number of allylic oxidation sites excluding steroid dienone is 2. The van der Waals surface area contributed by atoms with Gasteiger partial charge in [0.2, 0.25) is 0 Å². The van der Waals surface area contributed by atoms with Crippen molar-refractivity contribution in [1.29, 1.82) is 0 Å². The molecule has 2 rings (SSSR count). The molecule has 3 heteroatoms. The maximum absolute atomic E-state index is 5.76. The summed E-state index contributed by atoms with van der Waals surface area (Å²) in [5.74, 6) is 0.501. The smallest absolute Gasteiger partial charge is 0.0317 e. The van der Waals surface area contributed by atoms with E-state index < -0.39 is 0 Å². The lowest BCUT2D eigenvalue weighted by Gasteiger charge is -2.15. The Hall–Kier alpha value is -1.74. The average molecular weight is 229 g/mol. The topological polar surface area (TPSA) is 64.1 Å². The summed E-state index contributed by atoms with van der Waals surface area (Å²) in [5.41, 5.74) is 14.4. The van der Waals surface area contributed by atoms with Gasteiger partial charge in [0.1, 0.15) is 0 Å². The Balaban J connectivity index is 1.78. The largest absolute Gasteiger partial charge is 0.399 e. The summed E-state index contributed by atoms with van der Waals surface area (Å²) in [6, 6.07) is 7.96. The minimum absolute atomic E-state index is 0.501. The SMILES string of the molecule is NC1=CC(CNCc2cccc(N)c2)CC=C1. The number of nitrogens with one attached hydrogen (secondary N) is 1. The molecule has 0 heterocycles. The van der Waals surface area contributed by atoms with Gasteiger partial charge >= 0.3 is 0 Å². The van der Waals surface area contributed by atoms with Crippen molar-refractivity contribution in [1.82, 2.24) is 5.32 Å². The van der Waals surface area contributed by atoms with E-state index in [0.717, 1.165) is 30.9 Å². The van der Waals surface area contributed by atoms with Crippen LogP contribution < -0.4 is 16.8 Å². The minimum atomic E-state index is 0.501. The first-order valence-electron chi connectivity index (χ1n) is 5.93. The van der Waals surface area contributed by atoms with Crippen LogP contribution in [-0.2, 0) is 6.54 Å². The van der Waals surface area contributed by atoms with Gasteiger partial charge in [0.15, 0.2) is 0 Å². The molecule has 1 aliphatic rings. The zero-order valence-electron chi connectivity index (χ0n) is 9.89. The van der Waals surface area contributed by atoms with Crippen molar-refractivity contribution in [3.8, 4) is 0 Å². The Morgan fingerprint density at radius 1 is 1.29 bits per heavy atom. The fourth-order valence-corrected chi connectivity index (χ4v) is 2.02. The minimum Gasteiger partial charge on any atom is -0.399 e. The van der Waals surface area contributed by atoms with E-state index >= 15 is 0 Å². The second-order valence-electron chi connectivity index (χ2n) is 4.44. The van der Waals surface area contributed by atoms with Crippen LogP contribution in [0.25, 0.3) is 0 Å². The fourth-order valence-electron chi connectivity index (χ4n) is 2.02. The van der Waals surface area contributed by atoms with E-state index in [1.807, 2.05) is 24.3 Å². The molecule has 0 aliphatic heterocycles. The van der Waals surface area contributed by atoms with E-state index in [9.17, 15) is 0 Å². The average Bonchev–Trinajstić information content (AvgIpc) is 2.29. The lowest BCUT2D eigenvalue weighted by Crippen LogP contribution is -2.22. The summed E-state index contributed by atoms with van der Waals surface area (Å²) in [6.07, 6.45) is 7.27. The molecule has 0 spiro atoms. The Morgan fingerprint density at radius 2 is 2.18 bits per heavy atom. The van der Waals surface area contributed by atoms with Gasteiger partial charge in [-0.25, -0.2) is 0 Å². The van der Waals surface area contributed by atoms with Crippen LogP contribution >= 0.6 is 0 Å². The van der Waals surface area contributed by atoms with E-state index in [2.05, 4.69) is 23.5 Å². The number of hydrogen-bond donors (Lipinski definition) is 3. The Labute approximate surface area is 102 Å². The van der Waals surface area contributed by atoms with Gasteiger partial charge in [0.05, 0.1) is 0 Å². The molecular weight excluding hydrogens is 210 g/mol. The third-order valence-corrected chi connectivity index (χ3v) is 2.86. The quantitative estimate of drug-likeness (QED) is 0.690. The molecule has 0 fully saturated rings. The number of nitrogens with two attached hydrogens (primary N) is 2. The van der Waals surface area contributed by atoms with Crippen LogP contribution in [0.1, 0.15) is 12.0 Å². The third-order valence-electron chi connectivity index (χ3n) is 2.86. The van der Waals surface area contributed by atoms with E-state index in [1.54, 1.807) is 0 Å². The molecular formula is C14H19N3. The van der Waals surface area contributed by atoms with Crippen molar-refractivity contribution in [3.63, 3.8) is 0 Å². The number of anilines is 1. The zero-order valence-corrected chi connectivity index (χ0v) is 9.89. The molecule has 90 valence electrons. The van der Waals surface area contributed by atoms with Crippen molar-refractivity contribution in [2.45, 2.75) is 13.0 Å². The van der Waals surface area contributed by atoms with E-state index in [4.69, 9.17) is 11.5 Å². The maximum Gasteiger partial charge on any atom is 0.0317 e. The first-order chi connectivity index (χ1) is 8.24. The molecule has 0 amide bonds. The summed E-state index contributed by atoms with van der Waals surface area (Å²) in [4.78, 5) is 0. The number of rotatable bonds is 4. The summed E-state index contributed by atoms with van der Waals surface area (Å²) in [5, 5.41) is 3.43. The van der Waals surface area contributed by atoms with Gasteiger partial charge in [0, 0.05) is 24.5 Å². The van der Waals surface area contributed by atoms with Gasteiger partial charge in [-0.3, -0.25) is 0 Å². The normalized spacial score (nSPS) is 19.1. The molecule has 0 bridgehead atoms. The fraction of sp³-hybridized carbons (Fsp3) is 0.286. The van der Waals surface area contributed by atoms with Crippen LogP contribution in [-0.4, -0.2) is 6.54 Å². The van der Waals surface area contributed by atoms with Gasteiger partial charge in [0.25, 0.3) is 0 Å². The first kappa shape index (κ1) is 11.7. The molecule has 3 nitrogen and oxygen atoms in total. The van der Waals surface area contributed by atoms with Crippen LogP contribution in [0.2, 0.25) is 0 Å². The molecule has 17 heavy (non-hydrogen) atoms. The van der Waals surface area contributed by atoms with Gasteiger partial charge in [-0.05, 0) is 36.1 Å². The van der Waals surface area contributed by atoms with Gasteiger partial charge in [-0.2, -0.15) is 0 Å². The summed E-state index contributed by atoms with van der Waals surface area (Å²) in [7, 11) is 0. The Bertz CT molecular complexity index is 435. The van der Waals surface area contributed by atoms with Crippen molar-refractivity contribution >= 4 is 5.69 Å². The van der Waals surface area contributed by atoms with Gasteiger partial charge in [-0.15, -0.1) is 0 Å². The number of nitrogen functional groups attached to an aromatic ring is 1. The van der Waals surface area contributed by atoms with Gasteiger partial charge in [-0.1, -0.05) is 24.3 Å².